The van der Waals surface area contributed by atoms with Gasteiger partial charge in [-0.1, -0.05) is 47.9 Å². The molecular formula is C19H17N2O3S3-. The van der Waals surface area contributed by atoms with Crippen LogP contribution in [0.15, 0.2) is 56.8 Å². The van der Waals surface area contributed by atoms with Crippen molar-refractivity contribution in [2.75, 3.05) is 18.5 Å². The van der Waals surface area contributed by atoms with Crippen LogP contribution in [0.1, 0.15) is 12.5 Å². The largest absolute Gasteiger partial charge is 0.548 e. The summed E-state index contributed by atoms with van der Waals surface area (Å²) in [7, 11) is 2.02. The van der Waals surface area contributed by atoms with Gasteiger partial charge in [0.05, 0.1) is 28.1 Å². The first-order chi connectivity index (χ1) is 12.8. The molecule has 8 heteroatoms. The molecule has 140 valence electrons. The Kier molecular flexibility index (Phi) is 5.78. The van der Waals surface area contributed by atoms with Crippen molar-refractivity contribution < 1.29 is 14.7 Å². The third-order valence-corrected chi connectivity index (χ3v) is 6.57. The molecule has 0 aromatic heterocycles. The van der Waals surface area contributed by atoms with Gasteiger partial charge in [-0.15, -0.1) is 0 Å². The molecule has 0 radical (unpaired) electrons. The summed E-state index contributed by atoms with van der Waals surface area (Å²) in [6, 6.07) is 6.36. The second kappa shape index (κ2) is 7.92. The van der Waals surface area contributed by atoms with E-state index < -0.39 is 18.4 Å². The van der Waals surface area contributed by atoms with Crippen molar-refractivity contribution in [3.05, 3.63) is 57.5 Å². The van der Waals surface area contributed by atoms with Crippen LogP contribution in [-0.4, -0.2) is 34.7 Å². The molecule has 0 unspecified atom stereocenters. The maximum absolute atomic E-state index is 12.3. The average molecular weight is 418 g/mol. The number of carboxylic acids is 1. The Morgan fingerprint density at radius 3 is 2.78 bits per heavy atom. The number of hydrogen-bond acceptors (Lipinski definition) is 7. The first-order valence-electron chi connectivity index (χ1n) is 8.12. The Hall–Kier alpha value is -2.03. The molecule has 1 fully saturated rings. The SMILES string of the molecule is CC(=C\C=C1/Sc2cc(C)ccc2N1C)/C=C1/SC(=S)N(CC(=O)[O-])C1=O. The highest BCUT2D eigenvalue weighted by Crippen LogP contribution is 2.45. The molecule has 2 aliphatic heterocycles. The van der Waals surface area contributed by atoms with Crippen LogP contribution in [-0.2, 0) is 9.59 Å². The van der Waals surface area contributed by atoms with Crippen LogP contribution in [0.5, 0.6) is 0 Å². The molecule has 0 N–H and O–H groups in total. The maximum Gasteiger partial charge on any atom is 0.266 e. The Morgan fingerprint density at radius 1 is 1.33 bits per heavy atom. The fourth-order valence-electron chi connectivity index (χ4n) is 2.65. The maximum atomic E-state index is 12.3. The van der Waals surface area contributed by atoms with Crippen LogP contribution < -0.4 is 10.0 Å². The van der Waals surface area contributed by atoms with Gasteiger partial charge in [-0.3, -0.25) is 9.69 Å². The summed E-state index contributed by atoms with van der Waals surface area (Å²) in [6.45, 7) is 3.44. The normalized spacial score (nSPS) is 20.2. The quantitative estimate of drug-likeness (QED) is 0.551. The number of carbonyl (C=O) groups is 2. The number of anilines is 1. The first kappa shape index (κ1) is 19.7. The third-order valence-electron chi connectivity index (χ3n) is 4.03. The minimum Gasteiger partial charge on any atom is -0.548 e. The van der Waals surface area contributed by atoms with Crippen LogP contribution in [0.3, 0.4) is 0 Å². The number of thioether (sulfide) groups is 2. The molecule has 0 saturated carbocycles. The highest BCUT2D eigenvalue weighted by molar-refractivity contribution is 8.26. The molecule has 0 spiro atoms. The number of nitrogens with zero attached hydrogens (tertiary/aromatic N) is 2. The van der Waals surface area contributed by atoms with Gasteiger partial charge in [0.1, 0.15) is 4.32 Å². The average Bonchev–Trinajstić information content (AvgIpc) is 3.03. The molecule has 0 aliphatic carbocycles. The lowest BCUT2D eigenvalue weighted by Gasteiger charge is -2.14. The van der Waals surface area contributed by atoms with Crippen molar-refractivity contribution in [2.45, 2.75) is 18.7 Å². The summed E-state index contributed by atoms with van der Waals surface area (Å²) in [4.78, 5) is 27.8. The fraction of sp³-hybridized carbons (Fsp3) is 0.211. The molecule has 0 atom stereocenters. The second-order valence-corrected chi connectivity index (χ2v) is 8.93. The number of aryl methyl sites for hydroxylation is 1. The Bertz CT molecular complexity index is 934. The number of carbonyl (C=O) groups excluding carboxylic acids is 2. The van der Waals surface area contributed by atoms with Gasteiger partial charge in [-0.05, 0) is 49.3 Å². The van der Waals surface area contributed by atoms with Crippen LogP contribution >= 0.6 is 35.7 Å². The lowest BCUT2D eigenvalue weighted by atomic mass is 10.2. The zero-order chi connectivity index (χ0) is 19.7. The van der Waals surface area contributed by atoms with Gasteiger partial charge in [0.15, 0.2) is 0 Å². The zero-order valence-electron chi connectivity index (χ0n) is 15.0. The monoisotopic (exact) mass is 417 g/mol. The van der Waals surface area contributed by atoms with E-state index in [9.17, 15) is 14.7 Å². The van der Waals surface area contributed by atoms with Crippen LogP contribution in [0.2, 0.25) is 0 Å². The van der Waals surface area contributed by atoms with Crippen molar-refractivity contribution in [1.82, 2.24) is 4.90 Å². The fourth-order valence-corrected chi connectivity index (χ4v) is 5.10. The molecule has 27 heavy (non-hydrogen) atoms. The van der Waals surface area contributed by atoms with Crippen molar-refractivity contribution >= 4 is 57.6 Å². The van der Waals surface area contributed by atoms with E-state index >= 15 is 0 Å². The van der Waals surface area contributed by atoms with E-state index in [1.54, 1.807) is 17.8 Å². The molecule has 0 bridgehead atoms. The van der Waals surface area contributed by atoms with Crippen LogP contribution in [0.25, 0.3) is 0 Å². The first-order valence-corrected chi connectivity index (χ1v) is 10.2. The number of fused-ring (bicyclic) bond motifs is 1. The lowest BCUT2D eigenvalue weighted by Crippen LogP contribution is -2.40. The minimum atomic E-state index is -1.33. The van der Waals surface area contributed by atoms with Crippen molar-refractivity contribution in [2.24, 2.45) is 0 Å². The van der Waals surface area contributed by atoms with E-state index in [0.717, 1.165) is 27.3 Å². The van der Waals surface area contributed by atoms with Gasteiger partial charge < -0.3 is 14.8 Å². The van der Waals surface area contributed by atoms with E-state index in [1.165, 1.54) is 16.1 Å². The Balaban J connectivity index is 1.76. The molecule has 5 nitrogen and oxygen atoms in total. The smallest absolute Gasteiger partial charge is 0.266 e. The van der Waals surface area contributed by atoms with Gasteiger partial charge in [0, 0.05) is 11.9 Å². The number of aliphatic carboxylic acids is 1. The van der Waals surface area contributed by atoms with Gasteiger partial charge in [-0.2, -0.15) is 0 Å². The molecule has 1 amide bonds. The number of amides is 1. The third kappa shape index (κ3) is 4.28. The molecule has 1 aromatic rings. The predicted octanol–water partition coefficient (Wildman–Crippen LogP) is 2.82. The number of benzene rings is 1. The van der Waals surface area contributed by atoms with Crippen molar-refractivity contribution in [1.29, 1.82) is 0 Å². The van der Waals surface area contributed by atoms with Gasteiger partial charge in [0.2, 0.25) is 0 Å². The highest BCUT2D eigenvalue weighted by atomic mass is 32.2. The van der Waals surface area contributed by atoms with E-state index in [4.69, 9.17) is 12.2 Å². The molecule has 2 aliphatic rings. The summed E-state index contributed by atoms with van der Waals surface area (Å²) >= 11 is 7.88. The van der Waals surface area contributed by atoms with E-state index in [0.29, 0.717) is 4.91 Å². The van der Waals surface area contributed by atoms with E-state index in [-0.39, 0.29) is 4.32 Å². The summed E-state index contributed by atoms with van der Waals surface area (Å²) in [6.07, 6.45) is 5.67. The van der Waals surface area contributed by atoms with Crippen molar-refractivity contribution in [3.8, 4) is 0 Å². The van der Waals surface area contributed by atoms with Crippen LogP contribution in [0.4, 0.5) is 5.69 Å². The van der Waals surface area contributed by atoms with E-state index in [1.807, 2.05) is 26.1 Å². The number of rotatable bonds is 4. The van der Waals surface area contributed by atoms with Gasteiger partial charge >= 0.3 is 0 Å². The molecular weight excluding hydrogens is 400 g/mol. The second-order valence-electron chi connectivity index (χ2n) is 6.19. The number of thiocarbonyl (C=S) groups is 1. The summed E-state index contributed by atoms with van der Waals surface area (Å²) in [5, 5.41) is 11.8. The zero-order valence-corrected chi connectivity index (χ0v) is 17.5. The summed E-state index contributed by atoms with van der Waals surface area (Å²) in [5.41, 5.74) is 3.27. The molecule has 1 aromatic carbocycles. The number of allylic oxidation sites excluding steroid dienone is 4. The summed E-state index contributed by atoms with van der Waals surface area (Å²) in [5.74, 6) is -1.73. The van der Waals surface area contributed by atoms with Crippen molar-refractivity contribution in [3.63, 3.8) is 0 Å². The van der Waals surface area contributed by atoms with Gasteiger partial charge in [-0.25, -0.2) is 0 Å². The Morgan fingerprint density at radius 2 is 2.07 bits per heavy atom. The Labute approximate surface area is 171 Å². The number of carboxylic acid groups (broad SMARTS) is 1. The van der Waals surface area contributed by atoms with E-state index in [2.05, 4.69) is 30.0 Å². The highest BCUT2D eigenvalue weighted by Gasteiger charge is 2.31. The predicted molar refractivity (Wildman–Crippen MR) is 112 cm³/mol. The standard InChI is InChI=1S/C19H18N2O3S3/c1-11-4-6-13-14(8-11)26-16(20(13)3)7-5-12(2)9-15-18(24)21(10-17(22)23)19(25)27-15/h4-9H,10H2,1-3H3,(H,22,23)/p-1/b12-5+,15-9+,16-7-. The molecule has 1 saturated heterocycles. The molecule has 3 rings (SSSR count). The number of hydrogen-bond donors (Lipinski definition) is 0. The minimum absolute atomic E-state index is 0.235. The van der Waals surface area contributed by atoms with Gasteiger partial charge in [0.25, 0.3) is 5.91 Å². The summed E-state index contributed by atoms with van der Waals surface area (Å²) < 4.78 is 0.235. The topological polar surface area (TPSA) is 63.7 Å². The molecule has 2 heterocycles. The lowest BCUT2D eigenvalue weighted by molar-refractivity contribution is -0.305. The van der Waals surface area contributed by atoms with Crippen LogP contribution in [0, 0.1) is 6.92 Å².